The van der Waals surface area contributed by atoms with E-state index >= 15 is 0 Å². The second kappa shape index (κ2) is 6.52. The molecular weight excluding hydrogens is 313 g/mol. The Kier molecular flexibility index (Phi) is 5.05. The summed E-state index contributed by atoms with van der Waals surface area (Å²) in [6.45, 7) is 2.76. The van der Waals surface area contributed by atoms with Crippen molar-refractivity contribution in [3.05, 3.63) is 23.2 Å². The van der Waals surface area contributed by atoms with Crippen LogP contribution in [0.5, 0.6) is 0 Å². The van der Waals surface area contributed by atoms with Gasteiger partial charge in [-0.15, -0.1) is 0 Å². The van der Waals surface area contributed by atoms with Gasteiger partial charge in [-0.2, -0.15) is 13.2 Å². The van der Waals surface area contributed by atoms with E-state index in [4.69, 9.17) is 4.74 Å². The third-order valence-electron chi connectivity index (χ3n) is 4.31. The van der Waals surface area contributed by atoms with Crippen LogP contribution in [-0.4, -0.2) is 50.2 Å². The zero-order valence-electron chi connectivity index (χ0n) is 13.4. The van der Waals surface area contributed by atoms with Crippen molar-refractivity contribution in [1.29, 1.82) is 0 Å². The number of nitrogens with zero attached hydrogens (tertiary/aromatic N) is 1. The Bertz CT molecular complexity index is 561. The number of alkyl halides is 3. The Morgan fingerprint density at radius 2 is 1.96 bits per heavy atom. The first-order valence-corrected chi connectivity index (χ1v) is 7.37. The number of rotatable bonds is 4. The van der Waals surface area contributed by atoms with Crippen LogP contribution in [0.3, 0.4) is 0 Å². The van der Waals surface area contributed by atoms with Crippen molar-refractivity contribution in [2.24, 2.45) is 0 Å². The number of amides is 1. The molecule has 1 aliphatic heterocycles. The second-order valence-electron chi connectivity index (χ2n) is 6.01. The van der Waals surface area contributed by atoms with E-state index < -0.39 is 23.4 Å². The van der Waals surface area contributed by atoms with Crippen LogP contribution in [0, 0.1) is 6.92 Å². The third kappa shape index (κ3) is 3.87. The molecule has 23 heavy (non-hydrogen) atoms. The standard InChI is InChI=1S/C15H21F3N2O3/c1-10-8-11(12(23-10)15(16,17)18)13(21)19-9-14(20(2)3)4-6-22-7-5-14/h8H,4-7,9H2,1-3H3,(H,19,21). The largest absolute Gasteiger partial charge is 0.456 e. The fourth-order valence-electron chi connectivity index (χ4n) is 2.77. The Morgan fingerprint density at radius 1 is 1.35 bits per heavy atom. The highest BCUT2D eigenvalue weighted by atomic mass is 19.4. The number of furan rings is 1. The molecule has 0 spiro atoms. The van der Waals surface area contributed by atoms with E-state index in [1.54, 1.807) is 0 Å². The first-order valence-electron chi connectivity index (χ1n) is 7.37. The highest BCUT2D eigenvalue weighted by Crippen LogP contribution is 2.34. The average molecular weight is 334 g/mol. The van der Waals surface area contributed by atoms with Crippen LogP contribution >= 0.6 is 0 Å². The van der Waals surface area contributed by atoms with Crippen molar-refractivity contribution in [3.63, 3.8) is 0 Å². The molecule has 0 radical (unpaired) electrons. The van der Waals surface area contributed by atoms with Crippen molar-refractivity contribution in [2.75, 3.05) is 33.9 Å². The van der Waals surface area contributed by atoms with Crippen molar-refractivity contribution in [2.45, 2.75) is 31.5 Å². The molecule has 1 fully saturated rings. The lowest BCUT2D eigenvalue weighted by molar-refractivity contribution is -0.153. The summed E-state index contributed by atoms with van der Waals surface area (Å²) in [6.07, 6.45) is -3.29. The lowest BCUT2D eigenvalue weighted by Gasteiger charge is -2.42. The SMILES string of the molecule is Cc1cc(C(=O)NCC2(N(C)C)CCOCC2)c(C(F)(F)F)o1. The number of aryl methyl sites for hydroxylation is 1. The Hall–Kier alpha value is -1.54. The molecule has 1 aromatic rings. The molecular formula is C15H21F3N2O3. The maximum absolute atomic E-state index is 12.9. The Labute approximate surface area is 132 Å². The van der Waals surface area contributed by atoms with E-state index in [0.717, 1.165) is 6.07 Å². The van der Waals surface area contributed by atoms with E-state index in [1.807, 2.05) is 19.0 Å². The lowest BCUT2D eigenvalue weighted by Crippen LogP contribution is -2.55. The molecule has 1 N–H and O–H groups in total. The minimum Gasteiger partial charge on any atom is -0.456 e. The molecule has 1 amide bonds. The molecule has 1 aromatic heterocycles. The van der Waals surface area contributed by atoms with E-state index in [-0.39, 0.29) is 17.8 Å². The highest BCUT2D eigenvalue weighted by Gasteiger charge is 2.41. The summed E-state index contributed by atoms with van der Waals surface area (Å²) in [5.74, 6) is -1.98. The van der Waals surface area contributed by atoms with Crippen LogP contribution in [0.1, 0.15) is 34.7 Å². The number of nitrogens with one attached hydrogen (secondary N) is 1. The van der Waals surface area contributed by atoms with Gasteiger partial charge in [0.05, 0.1) is 5.56 Å². The van der Waals surface area contributed by atoms with Gasteiger partial charge in [0, 0.05) is 25.3 Å². The quantitative estimate of drug-likeness (QED) is 0.919. The molecule has 1 saturated heterocycles. The summed E-state index contributed by atoms with van der Waals surface area (Å²) < 4.78 is 48.7. The number of hydrogen-bond donors (Lipinski definition) is 1. The van der Waals surface area contributed by atoms with E-state index in [2.05, 4.69) is 9.73 Å². The number of hydrogen-bond acceptors (Lipinski definition) is 4. The fourth-order valence-corrected chi connectivity index (χ4v) is 2.77. The molecule has 8 heteroatoms. The normalized spacial score (nSPS) is 18.2. The first kappa shape index (κ1) is 17.8. The van der Waals surface area contributed by atoms with Crippen LogP contribution in [0.15, 0.2) is 10.5 Å². The van der Waals surface area contributed by atoms with Crippen molar-refractivity contribution < 1.29 is 27.1 Å². The second-order valence-corrected chi connectivity index (χ2v) is 6.01. The predicted octanol–water partition coefficient (Wildman–Crippen LogP) is 2.45. The number of carbonyl (C=O) groups excluding carboxylic acids is 1. The molecule has 2 rings (SSSR count). The van der Waals surface area contributed by atoms with Gasteiger partial charge in [-0.1, -0.05) is 0 Å². The van der Waals surface area contributed by atoms with Crippen LogP contribution in [0.25, 0.3) is 0 Å². The van der Waals surface area contributed by atoms with Crippen LogP contribution in [-0.2, 0) is 10.9 Å². The lowest BCUT2D eigenvalue weighted by atomic mass is 9.88. The highest BCUT2D eigenvalue weighted by molar-refractivity contribution is 5.95. The Balaban J connectivity index is 2.13. The van der Waals surface area contributed by atoms with Crippen molar-refractivity contribution in [1.82, 2.24) is 10.2 Å². The number of halogens is 3. The van der Waals surface area contributed by atoms with Crippen molar-refractivity contribution in [3.8, 4) is 0 Å². The summed E-state index contributed by atoms with van der Waals surface area (Å²) >= 11 is 0. The third-order valence-corrected chi connectivity index (χ3v) is 4.31. The van der Waals surface area contributed by atoms with Gasteiger partial charge in [0.15, 0.2) is 0 Å². The minimum atomic E-state index is -4.70. The summed E-state index contributed by atoms with van der Waals surface area (Å²) in [4.78, 5) is 14.2. The van der Waals surface area contributed by atoms with Crippen molar-refractivity contribution >= 4 is 5.91 Å². The molecule has 2 heterocycles. The van der Waals surface area contributed by atoms with E-state index in [0.29, 0.717) is 26.1 Å². The van der Waals surface area contributed by atoms with Gasteiger partial charge in [0.1, 0.15) is 5.76 Å². The smallest absolute Gasteiger partial charge is 0.450 e. The number of carbonyl (C=O) groups is 1. The van der Waals surface area contributed by atoms with Gasteiger partial charge < -0.3 is 19.4 Å². The molecule has 0 unspecified atom stereocenters. The maximum Gasteiger partial charge on any atom is 0.450 e. The summed E-state index contributed by atoms with van der Waals surface area (Å²) in [5, 5.41) is 2.62. The van der Waals surface area contributed by atoms with Gasteiger partial charge in [0.25, 0.3) is 5.91 Å². The minimum absolute atomic E-state index is 0.0517. The molecule has 0 aromatic carbocycles. The monoisotopic (exact) mass is 334 g/mol. The van der Waals surface area contributed by atoms with Crippen LogP contribution < -0.4 is 5.32 Å². The molecule has 0 bridgehead atoms. The first-order chi connectivity index (χ1) is 10.7. The van der Waals surface area contributed by atoms with Crippen LogP contribution in [0.2, 0.25) is 0 Å². The van der Waals surface area contributed by atoms with Gasteiger partial charge in [-0.05, 0) is 39.9 Å². The summed E-state index contributed by atoms with van der Waals surface area (Å²) in [5.41, 5.74) is -0.790. The summed E-state index contributed by atoms with van der Waals surface area (Å²) in [6, 6.07) is 1.12. The molecule has 0 saturated carbocycles. The summed E-state index contributed by atoms with van der Waals surface area (Å²) in [7, 11) is 3.78. The predicted molar refractivity (Wildman–Crippen MR) is 77.3 cm³/mol. The van der Waals surface area contributed by atoms with Crippen LogP contribution in [0.4, 0.5) is 13.2 Å². The van der Waals surface area contributed by atoms with Gasteiger partial charge in [-0.3, -0.25) is 4.79 Å². The van der Waals surface area contributed by atoms with Gasteiger partial charge in [-0.25, -0.2) is 0 Å². The van der Waals surface area contributed by atoms with E-state index in [1.165, 1.54) is 6.92 Å². The maximum atomic E-state index is 12.9. The molecule has 0 atom stereocenters. The zero-order valence-corrected chi connectivity index (χ0v) is 13.4. The van der Waals surface area contributed by atoms with E-state index in [9.17, 15) is 18.0 Å². The molecule has 1 aliphatic rings. The fraction of sp³-hybridized carbons (Fsp3) is 0.667. The van der Waals surface area contributed by atoms with Gasteiger partial charge >= 0.3 is 6.18 Å². The topological polar surface area (TPSA) is 54.7 Å². The van der Waals surface area contributed by atoms with Gasteiger partial charge in [0.2, 0.25) is 5.76 Å². The molecule has 0 aliphatic carbocycles. The Morgan fingerprint density at radius 3 is 2.48 bits per heavy atom. The average Bonchev–Trinajstić information content (AvgIpc) is 2.88. The number of likely N-dealkylation sites (N-methyl/N-ethyl adjacent to an activating group) is 1. The number of ether oxygens (including phenoxy) is 1. The molecule has 5 nitrogen and oxygen atoms in total. The zero-order chi connectivity index (χ0) is 17.3. The molecule has 130 valence electrons.